The van der Waals surface area contributed by atoms with E-state index in [-0.39, 0.29) is 12.3 Å². The number of hydrogen-bond acceptors (Lipinski definition) is 4. The van der Waals surface area contributed by atoms with Crippen LogP contribution in [-0.2, 0) is 9.59 Å². The summed E-state index contributed by atoms with van der Waals surface area (Å²) in [6, 6.07) is 12.2. The van der Waals surface area contributed by atoms with E-state index in [2.05, 4.69) is 10.9 Å². The van der Waals surface area contributed by atoms with E-state index >= 15 is 0 Å². The number of carbonyl (C=O) groups is 2. The van der Waals surface area contributed by atoms with Crippen LogP contribution < -0.4 is 20.3 Å². The molecule has 148 valence electrons. The maximum absolute atomic E-state index is 11.8. The number of methoxy groups -OCH3 is 1. The Morgan fingerprint density at radius 1 is 1.07 bits per heavy atom. The lowest BCUT2D eigenvalue weighted by Gasteiger charge is -2.09. The molecule has 0 unspecified atom stereocenters. The molecule has 2 N–H and O–H groups in total. The molecule has 0 saturated heterocycles. The largest absolute Gasteiger partial charge is 0.496 e. The van der Waals surface area contributed by atoms with Crippen LogP contribution in [0.15, 0.2) is 48.5 Å². The Bertz CT molecular complexity index is 856. The zero-order valence-electron chi connectivity index (χ0n) is 15.2. The second-order valence-electron chi connectivity index (χ2n) is 5.64. The third kappa shape index (κ3) is 7.13. The van der Waals surface area contributed by atoms with Gasteiger partial charge in [-0.1, -0.05) is 41.4 Å². The predicted octanol–water partition coefficient (Wildman–Crippen LogP) is 4.02. The zero-order valence-corrected chi connectivity index (χ0v) is 16.7. The van der Waals surface area contributed by atoms with Crippen LogP contribution in [-0.4, -0.2) is 25.5 Å². The number of para-hydroxylation sites is 1. The molecule has 0 bridgehead atoms. The summed E-state index contributed by atoms with van der Waals surface area (Å²) in [5, 5.41) is 0.929. The number of hydrogen-bond donors (Lipinski definition) is 2. The maximum atomic E-state index is 11.8. The van der Waals surface area contributed by atoms with E-state index in [9.17, 15) is 9.59 Å². The molecule has 0 aromatic heterocycles. The van der Waals surface area contributed by atoms with Crippen molar-refractivity contribution in [1.82, 2.24) is 10.9 Å². The van der Waals surface area contributed by atoms with Crippen LogP contribution in [0.2, 0.25) is 10.0 Å². The van der Waals surface area contributed by atoms with Gasteiger partial charge in [0.2, 0.25) is 5.91 Å². The van der Waals surface area contributed by atoms with Crippen molar-refractivity contribution in [3.63, 3.8) is 0 Å². The van der Waals surface area contributed by atoms with Crippen LogP contribution in [0, 0.1) is 0 Å². The van der Waals surface area contributed by atoms with Crippen LogP contribution in [0.4, 0.5) is 0 Å². The lowest BCUT2D eigenvalue weighted by molar-refractivity contribution is -0.126. The molecule has 2 amide bonds. The van der Waals surface area contributed by atoms with Crippen molar-refractivity contribution in [2.45, 2.75) is 12.8 Å². The molecule has 0 radical (unpaired) electrons. The van der Waals surface area contributed by atoms with Gasteiger partial charge in [0.15, 0.2) is 0 Å². The highest BCUT2D eigenvalue weighted by Crippen LogP contribution is 2.27. The van der Waals surface area contributed by atoms with E-state index in [1.54, 1.807) is 37.5 Å². The quantitative estimate of drug-likeness (QED) is 0.382. The van der Waals surface area contributed by atoms with Crippen molar-refractivity contribution < 1.29 is 19.1 Å². The molecule has 6 nitrogen and oxygen atoms in total. The summed E-state index contributed by atoms with van der Waals surface area (Å²) in [5.74, 6) is 0.367. The van der Waals surface area contributed by atoms with E-state index in [1.807, 2.05) is 18.2 Å². The predicted molar refractivity (Wildman–Crippen MR) is 110 cm³/mol. The Morgan fingerprint density at radius 3 is 2.61 bits per heavy atom. The first-order valence-corrected chi connectivity index (χ1v) is 9.23. The summed E-state index contributed by atoms with van der Waals surface area (Å²) < 4.78 is 10.7. The van der Waals surface area contributed by atoms with Gasteiger partial charge in [-0.15, -0.1) is 0 Å². The summed E-state index contributed by atoms with van der Waals surface area (Å²) >= 11 is 11.8. The number of nitrogens with one attached hydrogen (secondary N) is 2. The van der Waals surface area contributed by atoms with Crippen LogP contribution in [0.3, 0.4) is 0 Å². The van der Waals surface area contributed by atoms with Gasteiger partial charge in [0.05, 0.1) is 18.7 Å². The van der Waals surface area contributed by atoms with Crippen LogP contribution in [0.25, 0.3) is 6.08 Å². The first-order valence-electron chi connectivity index (χ1n) is 8.47. The summed E-state index contributed by atoms with van der Waals surface area (Å²) in [4.78, 5) is 23.6. The molecule has 0 spiro atoms. The van der Waals surface area contributed by atoms with Crippen molar-refractivity contribution in [2.75, 3.05) is 13.7 Å². The molecular weight excluding hydrogens is 403 g/mol. The highest BCUT2D eigenvalue weighted by Gasteiger charge is 2.05. The van der Waals surface area contributed by atoms with Crippen molar-refractivity contribution in [2.24, 2.45) is 0 Å². The molecule has 0 aliphatic carbocycles. The molecule has 0 fully saturated rings. The molecule has 8 heteroatoms. The fraction of sp³-hybridized carbons (Fsp3) is 0.200. The number of halogens is 2. The standard InChI is InChI=1S/C20H20Cl2N2O4/c1-27-17-6-3-2-5-14(17)8-11-20(26)24-23-19(25)7-4-12-28-18-10-9-15(21)13-16(18)22/h2-3,5-6,8-11,13H,4,7,12H2,1H3,(H,23,25)(H,24,26). The Labute approximate surface area is 173 Å². The number of ether oxygens (including phenoxy) is 2. The van der Waals surface area contributed by atoms with E-state index in [0.717, 1.165) is 5.56 Å². The number of benzene rings is 2. The minimum absolute atomic E-state index is 0.182. The number of rotatable bonds is 8. The third-order valence-corrected chi connectivity index (χ3v) is 4.11. The maximum Gasteiger partial charge on any atom is 0.262 e. The van der Waals surface area contributed by atoms with Gasteiger partial charge < -0.3 is 9.47 Å². The van der Waals surface area contributed by atoms with Gasteiger partial charge in [-0.3, -0.25) is 20.4 Å². The molecule has 0 aliphatic rings. The van der Waals surface area contributed by atoms with Gasteiger partial charge in [0.1, 0.15) is 11.5 Å². The van der Waals surface area contributed by atoms with E-state index < -0.39 is 5.91 Å². The lowest BCUT2D eigenvalue weighted by Crippen LogP contribution is -2.40. The van der Waals surface area contributed by atoms with Gasteiger partial charge in [0, 0.05) is 23.1 Å². The van der Waals surface area contributed by atoms with Crippen molar-refractivity contribution in [1.29, 1.82) is 0 Å². The fourth-order valence-corrected chi connectivity index (χ4v) is 2.68. The molecule has 0 aliphatic heterocycles. The molecule has 0 heterocycles. The second kappa shape index (κ2) is 11.2. The van der Waals surface area contributed by atoms with Crippen molar-refractivity contribution >= 4 is 41.1 Å². The lowest BCUT2D eigenvalue weighted by atomic mass is 10.2. The van der Waals surface area contributed by atoms with Crippen LogP contribution in [0.5, 0.6) is 11.5 Å². The van der Waals surface area contributed by atoms with Gasteiger partial charge in [-0.05, 0) is 36.8 Å². The molecule has 2 aromatic rings. The monoisotopic (exact) mass is 422 g/mol. The van der Waals surface area contributed by atoms with E-state index in [1.165, 1.54) is 6.08 Å². The average molecular weight is 423 g/mol. The minimum atomic E-state index is -0.455. The minimum Gasteiger partial charge on any atom is -0.496 e. The van der Waals surface area contributed by atoms with Crippen molar-refractivity contribution in [3.05, 3.63) is 64.1 Å². The van der Waals surface area contributed by atoms with Gasteiger partial charge >= 0.3 is 0 Å². The van der Waals surface area contributed by atoms with Gasteiger partial charge in [-0.25, -0.2) is 0 Å². The second-order valence-corrected chi connectivity index (χ2v) is 6.48. The first-order chi connectivity index (χ1) is 13.5. The Balaban J connectivity index is 1.67. The normalized spacial score (nSPS) is 10.5. The molecule has 0 atom stereocenters. The van der Waals surface area contributed by atoms with Gasteiger partial charge in [0.25, 0.3) is 5.91 Å². The van der Waals surface area contributed by atoms with Gasteiger partial charge in [-0.2, -0.15) is 0 Å². The molecule has 2 aromatic carbocycles. The average Bonchev–Trinajstić information content (AvgIpc) is 2.69. The van der Waals surface area contributed by atoms with Crippen molar-refractivity contribution in [3.8, 4) is 11.5 Å². The topological polar surface area (TPSA) is 76.7 Å². The Morgan fingerprint density at radius 2 is 1.86 bits per heavy atom. The third-order valence-electron chi connectivity index (χ3n) is 3.58. The first kappa shape index (κ1) is 21.6. The smallest absolute Gasteiger partial charge is 0.262 e. The summed E-state index contributed by atoms with van der Waals surface area (Å²) in [6.07, 6.45) is 3.55. The molecule has 0 saturated carbocycles. The molecule has 2 rings (SSSR count). The zero-order chi connectivity index (χ0) is 20.4. The van der Waals surface area contributed by atoms with Crippen LogP contribution >= 0.6 is 23.2 Å². The Hall–Kier alpha value is -2.70. The molecule has 28 heavy (non-hydrogen) atoms. The molecular formula is C20H20Cl2N2O4. The highest BCUT2D eigenvalue weighted by molar-refractivity contribution is 6.35. The van der Waals surface area contributed by atoms with E-state index in [4.69, 9.17) is 32.7 Å². The summed E-state index contributed by atoms with van der Waals surface area (Å²) in [5.41, 5.74) is 5.42. The highest BCUT2D eigenvalue weighted by atomic mass is 35.5. The summed E-state index contributed by atoms with van der Waals surface area (Å²) in [7, 11) is 1.55. The fourth-order valence-electron chi connectivity index (χ4n) is 2.21. The number of hydrazine groups is 1. The SMILES string of the molecule is COc1ccccc1C=CC(=O)NNC(=O)CCCOc1ccc(Cl)cc1Cl. The van der Waals surface area contributed by atoms with E-state index in [0.29, 0.717) is 34.6 Å². The number of amides is 2. The van der Waals surface area contributed by atoms with Crippen LogP contribution in [0.1, 0.15) is 18.4 Å². The summed E-state index contributed by atoms with van der Waals surface area (Å²) in [6.45, 7) is 0.302. The Kier molecular flexibility index (Phi) is 8.65. The number of carbonyl (C=O) groups excluding carboxylic acids is 2.